The molecule has 0 radical (unpaired) electrons. The van der Waals surface area contributed by atoms with Gasteiger partial charge in [-0.25, -0.2) is 4.79 Å². The molecule has 8 nitrogen and oxygen atoms in total. The Kier molecular flexibility index (Phi) is 7.42. The molecule has 0 aliphatic rings. The molecule has 0 spiro atoms. The van der Waals surface area contributed by atoms with Gasteiger partial charge in [-0.3, -0.25) is 10.2 Å². The van der Waals surface area contributed by atoms with E-state index in [2.05, 4.69) is 15.8 Å². The maximum absolute atomic E-state index is 12.2. The fourth-order valence-corrected chi connectivity index (χ4v) is 2.89. The second kappa shape index (κ2) is 10.6. The third kappa shape index (κ3) is 6.09. The first-order valence-corrected chi connectivity index (χ1v) is 9.75. The van der Waals surface area contributed by atoms with Crippen molar-refractivity contribution >= 4 is 29.5 Å². The van der Waals surface area contributed by atoms with Crippen molar-refractivity contribution in [1.29, 1.82) is 0 Å². The highest BCUT2D eigenvalue weighted by molar-refractivity contribution is 5.94. The lowest BCUT2D eigenvalue weighted by Crippen LogP contribution is -2.20. The Hall–Kier alpha value is -4.33. The van der Waals surface area contributed by atoms with E-state index in [1.807, 2.05) is 31.2 Å². The number of rotatable bonds is 9. The molecule has 32 heavy (non-hydrogen) atoms. The maximum atomic E-state index is 12.2. The number of aryl methyl sites for hydroxylation is 1. The van der Waals surface area contributed by atoms with E-state index < -0.39 is 5.97 Å². The molecule has 1 amide bonds. The van der Waals surface area contributed by atoms with Crippen LogP contribution in [-0.2, 0) is 4.79 Å². The van der Waals surface area contributed by atoms with Crippen LogP contribution >= 0.6 is 0 Å². The zero-order valence-electron chi connectivity index (χ0n) is 17.7. The minimum Gasteiger partial charge on any atom is -0.493 e. The summed E-state index contributed by atoms with van der Waals surface area (Å²) < 4.78 is 11.0. The first kappa shape index (κ1) is 22.4. The highest BCUT2D eigenvalue weighted by Gasteiger charge is 2.10. The summed E-state index contributed by atoms with van der Waals surface area (Å²) in [7, 11) is 1.50. The van der Waals surface area contributed by atoms with Gasteiger partial charge in [0.1, 0.15) is 0 Å². The van der Waals surface area contributed by atoms with Gasteiger partial charge < -0.3 is 19.9 Å². The molecule has 0 aromatic heterocycles. The highest BCUT2D eigenvalue weighted by Crippen LogP contribution is 2.27. The number of carboxylic acids is 1. The molecular weight excluding hydrogens is 410 g/mol. The highest BCUT2D eigenvalue weighted by atomic mass is 16.5. The number of carbonyl (C=O) groups excluding carboxylic acids is 1. The summed E-state index contributed by atoms with van der Waals surface area (Å²) in [6, 6.07) is 19.1. The Morgan fingerprint density at radius 2 is 1.84 bits per heavy atom. The van der Waals surface area contributed by atoms with Crippen molar-refractivity contribution < 1.29 is 24.2 Å². The van der Waals surface area contributed by atoms with E-state index in [4.69, 9.17) is 9.47 Å². The molecule has 0 bridgehead atoms. The Labute approximate surface area is 185 Å². The second-order valence-corrected chi connectivity index (χ2v) is 6.84. The van der Waals surface area contributed by atoms with Crippen molar-refractivity contribution in [3.63, 3.8) is 0 Å². The first-order chi connectivity index (χ1) is 15.5. The number of hydrogen-bond donors (Lipinski definition) is 3. The predicted molar refractivity (Wildman–Crippen MR) is 123 cm³/mol. The maximum Gasteiger partial charge on any atom is 0.337 e. The average molecular weight is 433 g/mol. The van der Waals surface area contributed by atoms with Crippen molar-refractivity contribution in [1.82, 2.24) is 0 Å². The van der Waals surface area contributed by atoms with Crippen LogP contribution in [-0.4, -0.2) is 36.9 Å². The lowest BCUT2D eigenvalue weighted by molar-refractivity contribution is -0.118. The molecule has 8 heteroatoms. The van der Waals surface area contributed by atoms with Crippen molar-refractivity contribution in [3.05, 3.63) is 83.4 Å². The molecule has 0 fully saturated rings. The minimum absolute atomic E-state index is 0.120. The van der Waals surface area contributed by atoms with Gasteiger partial charge in [0.15, 0.2) is 18.1 Å². The first-order valence-electron chi connectivity index (χ1n) is 9.75. The number of aromatic carboxylic acids is 1. The lowest BCUT2D eigenvalue weighted by Gasteiger charge is -2.12. The van der Waals surface area contributed by atoms with Crippen LogP contribution in [0.1, 0.15) is 21.5 Å². The van der Waals surface area contributed by atoms with E-state index in [-0.39, 0.29) is 18.1 Å². The number of benzene rings is 3. The van der Waals surface area contributed by atoms with Gasteiger partial charge in [0.05, 0.1) is 24.6 Å². The van der Waals surface area contributed by atoms with E-state index in [1.165, 1.54) is 19.4 Å². The fourth-order valence-electron chi connectivity index (χ4n) is 2.89. The predicted octanol–water partition coefficient (Wildman–Crippen LogP) is 4.17. The Morgan fingerprint density at radius 1 is 1.03 bits per heavy atom. The van der Waals surface area contributed by atoms with Gasteiger partial charge in [-0.2, -0.15) is 5.10 Å². The van der Waals surface area contributed by atoms with Gasteiger partial charge in [0, 0.05) is 5.69 Å². The number of hydrogen-bond acceptors (Lipinski definition) is 6. The zero-order valence-corrected chi connectivity index (χ0v) is 17.7. The van der Waals surface area contributed by atoms with Crippen LogP contribution in [0.15, 0.2) is 71.8 Å². The molecule has 0 saturated carbocycles. The topological polar surface area (TPSA) is 109 Å². The van der Waals surface area contributed by atoms with Crippen LogP contribution in [0.3, 0.4) is 0 Å². The van der Waals surface area contributed by atoms with E-state index in [0.717, 1.165) is 5.56 Å². The monoisotopic (exact) mass is 433 g/mol. The minimum atomic E-state index is -1.04. The smallest absolute Gasteiger partial charge is 0.337 e. The molecule has 3 rings (SSSR count). The van der Waals surface area contributed by atoms with Crippen LogP contribution in [0.25, 0.3) is 0 Å². The van der Waals surface area contributed by atoms with Crippen molar-refractivity contribution in [2.24, 2.45) is 5.10 Å². The molecule has 0 aliphatic heterocycles. The molecular formula is C24H23N3O5. The van der Waals surface area contributed by atoms with Gasteiger partial charge in [-0.15, -0.1) is 0 Å². The van der Waals surface area contributed by atoms with E-state index in [9.17, 15) is 14.7 Å². The second-order valence-electron chi connectivity index (χ2n) is 6.84. The van der Waals surface area contributed by atoms with Gasteiger partial charge in [-0.1, -0.05) is 24.3 Å². The number of nitrogens with one attached hydrogen (secondary N) is 2. The molecule has 0 saturated heterocycles. The Morgan fingerprint density at radius 3 is 2.59 bits per heavy atom. The normalized spacial score (nSPS) is 10.6. The summed E-state index contributed by atoms with van der Waals surface area (Å²) in [5, 5.41) is 16.1. The summed E-state index contributed by atoms with van der Waals surface area (Å²) in [5.74, 6) is -0.487. The summed E-state index contributed by atoms with van der Waals surface area (Å²) in [6.07, 6.45) is 1.52. The van der Waals surface area contributed by atoms with Gasteiger partial charge in [-0.05, 0) is 60.5 Å². The molecule has 3 N–H and O–H groups in total. The van der Waals surface area contributed by atoms with E-state index in [1.54, 1.807) is 36.4 Å². The lowest BCUT2D eigenvalue weighted by atomic mass is 10.2. The number of carbonyl (C=O) groups is 2. The van der Waals surface area contributed by atoms with Crippen molar-refractivity contribution in [2.75, 3.05) is 24.5 Å². The van der Waals surface area contributed by atoms with Crippen LogP contribution in [0.5, 0.6) is 11.5 Å². The van der Waals surface area contributed by atoms with Crippen LogP contribution in [0, 0.1) is 6.92 Å². The molecule has 3 aromatic rings. The summed E-state index contributed by atoms with van der Waals surface area (Å²) in [5.41, 5.74) is 5.66. The number of para-hydroxylation sites is 1. The van der Waals surface area contributed by atoms with Crippen LogP contribution in [0.4, 0.5) is 11.4 Å². The third-order valence-corrected chi connectivity index (χ3v) is 4.40. The molecule has 0 heterocycles. The molecule has 0 aliphatic carbocycles. The largest absolute Gasteiger partial charge is 0.493 e. The van der Waals surface area contributed by atoms with Gasteiger partial charge in [0.25, 0.3) is 5.91 Å². The number of methoxy groups -OCH3 is 1. The summed E-state index contributed by atoms with van der Waals surface area (Å²) in [4.78, 5) is 23.4. The Bertz CT molecular complexity index is 1140. The fraction of sp³-hybridized carbons (Fsp3) is 0.125. The van der Waals surface area contributed by atoms with Crippen LogP contribution < -0.4 is 20.2 Å². The van der Waals surface area contributed by atoms with E-state index in [0.29, 0.717) is 28.4 Å². The standard InChI is InChI=1S/C24H23N3O5/c1-16-6-5-7-18(12-16)26-23(28)15-32-21-11-10-17(13-22(21)31-2)14-25-27-20-9-4-3-8-19(20)24(29)30/h3-14,27H,15H2,1-2H3,(H,26,28)(H,29,30)/b25-14+. The third-order valence-electron chi connectivity index (χ3n) is 4.40. The summed E-state index contributed by atoms with van der Waals surface area (Å²) >= 11 is 0. The molecule has 3 aromatic carbocycles. The number of nitrogens with zero attached hydrogens (tertiary/aromatic N) is 1. The van der Waals surface area contributed by atoms with Gasteiger partial charge >= 0.3 is 5.97 Å². The zero-order chi connectivity index (χ0) is 22.9. The van der Waals surface area contributed by atoms with Gasteiger partial charge in [0.2, 0.25) is 0 Å². The van der Waals surface area contributed by atoms with Crippen LogP contribution in [0.2, 0.25) is 0 Å². The summed E-state index contributed by atoms with van der Waals surface area (Å²) in [6.45, 7) is 1.77. The molecule has 0 unspecified atom stereocenters. The number of anilines is 2. The van der Waals surface area contributed by atoms with Crippen molar-refractivity contribution in [3.8, 4) is 11.5 Å². The van der Waals surface area contributed by atoms with E-state index >= 15 is 0 Å². The number of amides is 1. The number of carboxylic acid groups (broad SMARTS) is 1. The average Bonchev–Trinajstić information content (AvgIpc) is 2.78. The number of ether oxygens (including phenoxy) is 2. The quantitative estimate of drug-likeness (QED) is 0.345. The molecule has 164 valence electrons. The molecule has 0 atom stereocenters. The number of hydrazone groups is 1. The Balaban J connectivity index is 1.61. The SMILES string of the molecule is COc1cc(/C=N/Nc2ccccc2C(=O)O)ccc1OCC(=O)Nc1cccc(C)c1. The van der Waals surface area contributed by atoms with Crippen molar-refractivity contribution in [2.45, 2.75) is 6.92 Å².